The van der Waals surface area contributed by atoms with Gasteiger partial charge in [0, 0.05) is 30.9 Å². The Labute approximate surface area is 206 Å². The van der Waals surface area contributed by atoms with Crippen LogP contribution in [0.1, 0.15) is 26.3 Å². The highest BCUT2D eigenvalue weighted by Gasteiger charge is 2.15. The second-order valence-electron chi connectivity index (χ2n) is 7.49. The van der Waals surface area contributed by atoms with Gasteiger partial charge in [0.25, 0.3) is 11.8 Å². The third kappa shape index (κ3) is 4.97. The van der Waals surface area contributed by atoms with Gasteiger partial charge in [0.1, 0.15) is 5.82 Å². The molecular formula is C25H21Cl2N5O2. The number of hydrogen-bond donors (Lipinski definition) is 3. The van der Waals surface area contributed by atoms with Crippen molar-refractivity contribution in [3.05, 3.63) is 99.5 Å². The molecule has 0 atom stereocenters. The normalized spacial score (nSPS) is 10.7. The minimum atomic E-state index is -0.324. The number of nitrogens with one attached hydrogen (secondary N) is 2. The maximum absolute atomic E-state index is 12.6. The first-order valence-corrected chi connectivity index (χ1v) is 11.1. The van der Waals surface area contributed by atoms with Crippen molar-refractivity contribution in [2.75, 3.05) is 10.6 Å². The van der Waals surface area contributed by atoms with Gasteiger partial charge in [-0.05, 0) is 35.9 Å². The van der Waals surface area contributed by atoms with Crippen molar-refractivity contribution in [3.8, 4) is 11.3 Å². The summed E-state index contributed by atoms with van der Waals surface area (Å²) in [6.07, 6.45) is 0. The van der Waals surface area contributed by atoms with Crippen LogP contribution in [0.15, 0.2) is 72.8 Å². The number of anilines is 2. The number of rotatable bonds is 6. The first kappa shape index (κ1) is 23.5. The Balaban J connectivity index is 1.48. The van der Waals surface area contributed by atoms with Gasteiger partial charge in [-0.1, -0.05) is 59.6 Å². The van der Waals surface area contributed by atoms with E-state index in [4.69, 9.17) is 28.9 Å². The first-order chi connectivity index (χ1) is 16.4. The number of benzene rings is 3. The number of halogens is 2. The topological polar surface area (TPSA) is 102 Å². The van der Waals surface area contributed by atoms with E-state index in [0.29, 0.717) is 43.9 Å². The fraction of sp³-hybridized carbons (Fsp3) is 0.0800. The third-order valence-corrected chi connectivity index (χ3v) is 6.00. The van der Waals surface area contributed by atoms with E-state index < -0.39 is 0 Å². The molecule has 0 aliphatic carbocycles. The zero-order chi connectivity index (χ0) is 24.2. The lowest BCUT2D eigenvalue weighted by Gasteiger charge is -2.09. The van der Waals surface area contributed by atoms with Crippen molar-refractivity contribution in [1.29, 1.82) is 0 Å². The maximum Gasteiger partial charge on any atom is 0.258 e. The Kier molecular flexibility index (Phi) is 6.98. The molecule has 4 rings (SSSR count). The van der Waals surface area contributed by atoms with Crippen LogP contribution in [0.3, 0.4) is 0 Å². The number of hydrogen-bond acceptors (Lipinski definition) is 4. The summed E-state index contributed by atoms with van der Waals surface area (Å²) in [6, 6.07) is 21.0. The lowest BCUT2D eigenvalue weighted by Crippen LogP contribution is -2.14. The van der Waals surface area contributed by atoms with Crippen LogP contribution in [0.4, 0.5) is 11.5 Å². The van der Waals surface area contributed by atoms with Gasteiger partial charge in [0.2, 0.25) is 0 Å². The summed E-state index contributed by atoms with van der Waals surface area (Å²) >= 11 is 12.4. The summed E-state index contributed by atoms with van der Waals surface area (Å²) in [6.45, 7) is 0.250. The Hall–Kier alpha value is -3.65. The molecule has 4 N–H and O–H groups in total. The molecule has 7 nitrogen and oxygen atoms in total. The molecule has 0 aliphatic heterocycles. The molecule has 0 bridgehead atoms. The second-order valence-corrected chi connectivity index (χ2v) is 8.27. The van der Waals surface area contributed by atoms with E-state index in [-0.39, 0.29) is 18.4 Å². The van der Waals surface area contributed by atoms with E-state index in [1.807, 2.05) is 12.1 Å². The molecule has 0 unspecified atom stereocenters. The van der Waals surface area contributed by atoms with E-state index >= 15 is 0 Å². The molecule has 0 spiro atoms. The lowest BCUT2D eigenvalue weighted by molar-refractivity contribution is 0.101. The fourth-order valence-electron chi connectivity index (χ4n) is 3.39. The monoisotopic (exact) mass is 493 g/mol. The van der Waals surface area contributed by atoms with Crippen molar-refractivity contribution < 1.29 is 9.59 Å². The van der Waals surface area contributed by atoms with Crippen LogP contribution in [0.2, 0.25) is 10.0 Å². The predicted octanol–water partition coefficient (Wildman–Crippen LogP) is 5.36. The smallest absolute Gasteiger partial charge is 0.258 e. The summed E-state index contributed by atoms with van der Waals surface area (Å²) in [5, 5.41) is 10.9. The fourth-order valence-corrected chi connectivity index (χ4v) is 3.90. The van der Waals surface area contributed by atoms with Gasteiger partial charge in [-0.25, -0.2) is 0 Å². The van der Waals surface area contributed by atoms with Crippen LogP contribution in [0, 0.1) is 0 Å². The van der Waals surface area contributed by atoms with Crippen molar-refractivity contribution in [1.82, 2.24) is 9.78 Å². The first-order valence-electron chi connectivity index (χ1n) is 10.4. The SMILES string of the molecule is Cn1nc(-c2ccc(NC(=O)c3cccc(CN)c3Cl)cc2)cc1NC(=O)c1ccccc1Cl. The van der Waals surface area contributed by atoms with E-state index in [0.717, 1.165) is 5.56 Å². The zero-order valence-electron chi connectivity index (χ0n) is 18.2. The molecule has 0 fully saturated rings. The highest BCUT2D eigenvalue weighted by molar-refractivity contribution is 6.35. The molecule has 2 amide bonds. The minimum absolute atomic E-state index is 0.250. The number of carbonyl (C=O) groups excluding carboxylic acids is 2. The van der Waals surface area contributed by atoms with Gasteiger partial charge < -0.3 is 16.4 Å². The summed E-state index contributed by atoms with van der Waals surface area (Å²) in [5.74, 6) is -0.127. The van der Waals surface area contributed by atoms with Crippen molar-refractivity contribution in [2.45, 2.75) is 6.54 Å². The Bertz CT molecular complexity index is 1370. The molecule has 0 aliphatic rings. The molecule has 9 heteroatoms. The van der Waals surface area contributed by atoms with Gasteiger partial charge in [-0.3, -0.25) is 14.3 Å². The summed E-state index contributed by atoms with van der Waals surface area (Å²) in [5.41, 5.74) is 9.19. The van der Waals surface area contributed by atoms with Crippen molar-refractivity contribution >= 4 is 46.5 Å². The Morgan fingerprint density at radius 3 is 2.29 bits per heavy atom. The van der Waals surface area contributed by atoms with Crippen LogP contribution in [0.25, 0.3) is 11.3 Å². The molecule has 34 heavy (non-hydrogen) atoms. The van der Waals surface area contributed by atoms with Crippen LogP contribution < -0.4 is 16.4 Å². The van der Waals surface area contributed by atoms with Gasteiger partial charge in [0.15, 0.2) is 0 Å². The highest BCUT2D eigenvalue weighted by atomic mass is 35.5. The molecule has 1 heterocycles. The largest absolute Gasteiger partial charge is 0.326 e. The number of nitrogens with zero attached hydrogens (tertiary/aromatic N) is 2. The molecule has 0 saturated heterocycles. The molecule has 172 valence electrons. The van der Waals surface area contributed by atoms with Crippen LogP contribution in [-0.2, 0) is 13.6 Å². The average Bonchev–Trinajstić information content (AvgIpc) is 3.19. The van der Waals surface area contributed by atoms with Crippen LogP contribution in [-0.4, -0.2) is 21.6 Å². The summed E-state index contributed by atoms with van der Waals surface area (Å²) in [4.78, 5) is 25.2. The molecular weight excluding hydrogens is 473 g/mol. The van der Waals surface area contributed by atoms with Crippen LogP contribution in [0.5, 0.6) is 0 Å². The molecule has 0 radical (unpaired) electrons. The summed E-state index contributed by atoms with van der Waals surface area (Å²) < 4.78 is 1.58. The van der Waals surface area contributed by atoms with Gasteiger partial charge in [-0.15, -0.1) is 0 Å². The highest BCUT2D eigenvalue weighted by Crippen LogP contribution is 2.26. The van der Waals surface area contributed by atoms with Crippen LogP contribution >= 0.6 is 23.2 Å². The van der Waals surface area contributed by atoms with E-state index in [2.05, 4.69) is 15.7 Å². The van der Waals surface area contributed by atoms with Crippen molar-refractivity contribution in [2.24, 2.45) is 12.8 Å². The lowest BCUT2D eigenvalue weighted by atomic mass is 10.1. The summed E-state index contributed by atoms with van der Waals surface area (Å²) in [7, 11) is 1.74. The molecule has 3 aromatic carbocycles. The Morgan fingerprint density at radius 1 is 0.912 bits per heavy atom. The number of aryl methyl sites for hydroxylation is 1. The third-order valence-electron chi connectivity index (χ3n) is 5.22. The van der Waals surface area contributed by atoms with E-state index in [1.54, 1.807) is 72.4 Å². The molecule has 0 saturated carbocycles. The number of carbonyl (C=O) groups is 2. The van der Waals surface area contributed by atoms with Gasteiger partial charge >= 0.3 is 0 Å². The molecule has 4 aromatic rings. The quantitative estimate of drug-likeness (QED) is 0.336. The zero-order valence-corrected chi connectivity index (χ0v) is 19.7. The van der Waals surface area contributed by atoms with Gasteiger partial charge in [-0.2, -0.15) is 5.10 Å². The number of aromatic nitrogens is 2. The predicted molar refractivity (Wildman–Crippen MR) is 135 cm³/mol. The molecule has 1 aromatic heterocycles. The van der Waals surface area contributed by atoms with Crippen molar-refractivity contribution in [3.63, 3.8) is 0 Å². The van der Waals surface area contributed by atoms with E-state index in [9.17, 15) is 9.59 Å². The maximum atomic E-state index is 12.6. The number of nitrogens with two attached hydrogens (primary N) is 1. The second kappa shape index (κ2) is 10.1. The van der Waals surface area contributed by atoms with E-state index in [1.165, 1.54) is 0 Å². The number of amides is 2. The van der Waals surface area contributed by atoms with Gasteiger partial charge in [0.05, 0.1) is 26.9 Å². The minimum Gasteiger partial charge on any atom is -0.326 e. The average molecular weight is 494 g/mol. The Morgan fingerprint density at radius 2 is 1.59 bits per heavy atom. The standard InChI is InChI=1S/C25H21Cl2N5O2/c1-32-22(30-24(33)18-6-2-3-8-20(18)26)13-21(31-32)15-9-11-17(12-10-15)29-25(34)19-7-4-5-16(14-28)23(19)27/h2-13H,14,28H2,1H3,(H,29,34)(H,30,33).